The van der Waals surface area contributed by atoms with E-state index in [1.54, 1.807) is 0 Å². The van der Waals surface area contributed by atoms with E-state index in [4.69, 9.17) is 10.7 Å². The molecule has 2 N–H and O–H groups in total. The summed E-state index contributed by atoms with van der Waals surface area (Å²) in [5, 5.41) is 0. The third kappa shape index (κ3) is 4.66. The van der Waals surface area contributed by atoms with Crippen molar-refractivity contribution in [2.45, 2.75) is 66.3 Å². The Morgan fingerprint density at radius 3 is 2.30 bits per heavy atom. The molecule has 0 atom stereocenters. The van der Waals surface area contributed by atoms with Crippen LogP contribution >= 0.6 is 0 Å². The summed E-state index contributed by atoms with van der Waals surface area (Å²) in [6.07, 6.45) is 4.17. The number of aryl methyl sites for hydroxylation is 1. The molecule has 4 nitrogen and oxygen atoms in total. The van der Waals surface area contributed by atoms with E-state index in [-0.39, 0.29) is 0 Å². The summed E-state index contributed by atoms with van der Waals surface area (Å²) in [6.45, 7) is 12.1. The highest BCUT2D eigenvalue weighted by Gasteiger charge is 2.19. The number of nitrogen functional groups attached to an aromatic ring is 1. The summed E-state index contributed by atoms with van der Waals surface area (Å²) in [6, 6.07) is 2.43. The molecule has 0 aliphatic rings. The third-order valence-corrected chi connectivity index (χ3v) is 3.49. The van der Waals surface area contributed by atoms with E-state index in [1.807, 2.05) is 6.07 Å². The van der Waals surface area contributed by atoms with Crippen molar-refractivity contribution < 1.29 is 0 Å². The second-order valence-electron chi connectivity index (χ2n) is 5.83. The van der Waals surface area contributed by atoms with Crippen molar-refractivity contribution in [3.63, 3.8) is 0 Å². The van der Waals surface area contributed by atoms with Gasteiger partial charge in [-0.05, 0) is 25.2 Å². The van der Waals surface area contributed by atoms with Gasteiger partial charge in [0.1, 0.15) is 17.5 Å². The Bertz CT molecular complexity index is 399. The maximum Gasteiger partial charge on any atom is 0.134 e. The molecule has 114 valence electrons. The second-order valence-corrected chi connectivity index (χ2v) is 5.83. The highest BCUT2D eigenvalue weighted by Crippen LogP contribution is 2.22. The number of nitrogens with two attached hydrogens (primary N) is 1. The lowest BCUT2D eigenvalue weighted by Crippen LogP contribution is -2.38. The molecule has 0 radical (unpaired) electrons. The number of nitrogens with zero attached hydrogens (tertiary/aromatic N) is 3. The van der Waals surface area contributed by atoms with Crippen LogP contribution in [0.4, 0.5) is 11.6 Å². The van der Waals surface area contributed by atoms with Crippen molar-refractivity contribution >= 4 is 11.6 Å². The quantitative estimate of drug-likeness (QED) is 0.788. The summed E-state index contributed by atoms with van der Waals surface area (Å²) in [7, 11) is 0. The average Bonchev–Trinajstić information content (AvgIpc) is 2.38. The fourth-order valence-electron chi connectivity index (χ4n) is 2.54. The largest absolute Gasteiger partial charge is 0.384 e. The lowest BCUT2D eigenvalue weighted by Gasteiger charge is -2.33. The van der Waals surface area contributed by atoms with Crippen LogP contribution in [-0.4, -0.2) is 22.6 Å². The summed E-state index contributed by atoms with van der Waals surface area (Å²) in [5.74, 6) is 3.03. The predicted molar refractivity (Wildman–Crippen MR) is 87.0 cm³/mol. The van der Waals surface area contributed by atoms with Crippen LogP contribution in [0.5, 0.6) is 0 Å². The van der Waals surface area contributed by atoms with Gasteiger partial charge in [-0.1, -0.05) is 34.6 Å². The monoisotopic (exact) mass is 278 g/mol. The van der Waals surface area contributed by atoms with E-state index < -0.39 is 0 Å². The Labute approximate surface area is 123 Å². The second kappa shape index (κ2) is 8.08. The lowest BCUT2D eigenvalue weighted by molar-refractivity contribution is 0.502. The zero-order valence-electron chi connectivity index (χ0n) is 13.7. The van der Waals surface area contributed by atoms with Gasteiger partial charge in [0, 0.05) is 25.1 Å². The van der Waals surface area contributed by atoms with Gasteiger partial charge < -0.3 is 10.6 Å². The molecule has 0 fully saturated rings. The Balaban J connectivity index is 3.11. The molecular formula is C16H30N4. The van der Waals surface area contributed by atoms with E-state index in [2.05, 4.69) is 44.5 Å². The maximum absolute atomic E-state index is 5.96. The first-order valence-electron chi connectivity index (χ1n) is 7.91. The van der Waals surface area contributed by atoms with Gasteiger partial charge in [-0.2, -0.15) is 0 Å². The molecule has 0 spiro atoms. The molecule has 1 heterocycles. The highest BCUT2D eigenvalue weighted by atomic mass is 15.2. The molecule has 0 aliphatic carbocycles. The van der Waals surface area contributed by atoms with Gasteiger partial charge >= 0.3 is 0 Å². The summed E-state index contributed by atoms with van der Waals surface area (Å²) < 4.78 is 0. The minimum absolute atomic E-state index is 0.515. The average molecular weight is 278 g/mol. The van der Waals surface area contributed by atoms with Crippen LogP contribution in [0.2, 0.25) is 0 Å². The van der Waals surface area contributed by atoms with Gasteiger partial charge in [0.2, 0.25) is 0 Å². The molecule has 20 heavy (non-hydrogen) atoms. The van der Waals surface area contributed by atoms with Gasteiger partial charge in [-0.25, -0.2) is 9.97 Å². The van der Waals surface area contributed by atoms with Gasteiger partial charge in [0.05, 0.1) is 0 Å². The zero-order chi connectivity index (χ0) is 15.1. The molecule has 0 unspecified atom stereocenters. The van der Waals surface area contributed by atoms with E-state index in [0.29, 0.717) is 17.8 Å². The summed E-state index contributed by atoms with van der Waals surface area (Å²) >= 11 is 0. The normalized spacial score (nSPS) is 11.3. The summed E-state index contributed by atoms with van der Waals surface area (Å²) in [5.41, 5.74) is 5.96. The van der Waals surface area contributed by atoms with Crippen LogP contribution in [-0.2, 0) is 6.42 Å². The van der Waals surface area contributed by atoms with E-state index in [0.717, 1.165) is 43.9 Å². The van der Waals surface area contributed by atoms with Crippen molar-refractivity contribution in [1.29, 1.82) is 0 Å². The van der Waals surface area contributed by atoms with Crippen molar-refractivity contribution in [1.82, 2.24) is 9.97 Å². The van der Waals surface area contributed by atoms with Crippen LogP contribution in [0.3, 0.4) is 0 Å². The molecule has 1 aromatic rings. The van der Waals surface area contributed by atoms with Gasteiger partial charge in [-0.3, -0.25) is 0 Å². The van der Waals surface area contributed by atoms with Crippen LogP contribution in [0.1, 0.15) is 59.7 Å². The molecule has 0 aromatic carbocycles. The third-order valence-electron chi connectivity index (χ3n) is 3.49. The van der Waals surface area contributed by atoms with Crippen molar-refractivity contribution in [2.75, 3.05) is 17.2 Å². The van der Waals surface area contributed by atoms with E-state index >= 15 is 0 Å². The topological polar surface area (TPSA) is 55.0 Å². The Hall–Kier alpha value is -1.32. The van der Waals surface area contributed by atoms with Crippen molar-refractivity contribution in [3.05, 3.63) is 11.9 Å². The van der Waals surface area contributed by atoms with Crippen LogP contribution in [0.15, 0.2) is 6.07 Å². The first-order valence-corrected chi connectivity index (χ1v) is 7.91. The van der Waals surface area contributed by atoms with Gasteiger partial charge in [0.25, 0.3) is 0 Å². The molecule has 0 aliphatic heterocycles. The Kier molecular flexibility index (Phi) is 6.76. The fraction of sp³-hybridized carbons (Fsp3) is 0.750. The number of hydrogen-bond acceptors (Lipinski definition) is 4. The first kappa shape index (κ1) is 16.7. The Morgan fingerprint density at radius 1 is 1.15 bits per heavy atom. The summed E-state index contributed by atoms with van der Waals surface area (Å²) in [4.78, 5) is 11.5. The van der Waals surface area contributed by atoms with Crippen molar-refractivity contribution in [2.24, 2.45) is 5.92 Å². The van der Waals surface area contributed by atoms with Crippen LogP contribution < -0.4 is 10.6 Å². The molecule has 1 aromatic heterocycles. The first-order chi connectivity index (χ1) is 9.51. The van der Waals surface area contributed by atoms with E-state index in [1.165, 1.54) is 0 Å². The predicted octanol–water partition coefficient (Wildman–Crippen LogP) is 3.66. The maximum atomic E-state index is 5.96. The molecule has 1 rings (SSSR count). The minimum atomic E-state index is 0.515. The zero-order valence-corrected chi connectivity index (χ0v) is 13.7. The smallest absolute Gasteiger partial charge is 0.134 e. The molecule has 0 saturated heterocycles. The standard InChI is InChI=1S/C16H30N4/c1-6-9-15-18-14(17)10-16(19-15)20(11-12(4)5)13(7-2)8-3/h10,12-13H,6-9,11H2,1-5H3,(H2,17,18,19). The molecule has 0 saturated carbocycles. The molecular weight excluding hydrogens is 248 g/mol. The van der Waals surface area contributed by atoms with Gasteiger partial charge in [0.15, 0.2) is 0 Å². The minimum Gasteiger partial charge on any atom is -0.384 e. The Morgan fingerprint density at radius 2 is 1.80 bits per heavy atom. The van der Waals surface area contributed by atoms with E-state index in [9.17, 15) is 0 Å². The molecule has 0 amide bonds. The number of hydrogen-bond donors (Lipinski definition) is 1. The lowest BCUT2D eigenvalue weighted by atomic mass is 10.1. The number of aromatic nitrogens is 2. The molecule has 0 bridgehead atoms. The molecule has 4 heteroatoms. The SMILES string of the molecule is CCCc1nc(N)cc(N(CC(C)C)C(CC)CC)n1. The van der Waals surface area contributed by atoms with Crippen LogP contribution in [0, 0.1) is 5.92 Å². The van der Waals surface area contributed by atoms with Crippen molar-refractivity contribution in [3.8, 4) is 0 Å². The van der Waals surface area contributed by atoms with Crippen LogP contribution in [0.25, 0.3) is 0 Å². The highest BCUT2D eigenvalue weighted by molar-refractivity contribution is 5.48. The van der Waals surface area contributed by atoms with Gasteiger partial charge in [-0.15, -0.1) is 0 Å². The number of rotatable bonds is 8. The number of anilines is 2. The fourth-order valence-corrected chi connectivity index (χ4v) is 2.54.